The Hall–Kier alpha value is -3.33. The fourth-order valence-corrected chi connectivity index (χ4v) is 4.11. The number of rotatable bonds is 6. The lowest BCUT2D eigenvalue weighted by molar-refractivity contribution is -0.122. The van der Waals surface area contributed by atoms with Gasteiger partial charge in [-0.3, -0.25) is 9.59 Å². The highest BCUT2D eigenvalue weighted by Crippen LogP contribution is 2.33. The van der Waals surface area contributed by atoms with Crippen LogP contribution in [-0.2, 0) is 16.0 Å². The first-order valence-corrected chi connectivity index (χ1v) is 10.2. The summed E-state index contributed by atoms with van der Waals surface area (Å²) in [6, 6.07) is 13.4. The molecule has 154 valence electrons. The van der Waals surface area contributed by atoms with Crippen LogP contribution >= 0.6 is 11.3 Å². The third-order valence-electron chi connectivity index (χ3n) is 4.84. The van der Waals surface area contributed by atoms with E-state index in [-0.39, 0.29) is 30.6 Å². The van der Waals surface area contributed by atoms with E-state index in [0.29, 0.717) is 28.0 Å². The fourth-order valence-electron chi connectivity index (χ4n) is 3.33. The molecule has 9 heteroatoms. The van der Waals surface area contributed by atoms with Gasteiger partial charge in [0, 0.05) is 19.4 Å². The molecule has 1 aliphatic heterocycles. The number of anilines is 2. The Kier molecular flexibility index (Phi) is 5.71. The van der Waals surface area contributed by atoms with Crippen molar-refractivity contribution in [2.75, 3.05) is 23.9 Å². The smallest absolute Gasteiger partial charge is 0.231 e. The van der Waals surface area contributed by atoms with Crippen molar-refractivity contribution < 1.29 is 18.7 Å². The van der Waals surface area contributed by atoms with Gasteiger partial charge in [0.2, 0.25) is 16.9 Å². The van der Waals surface area contributed by atoms with Crippen LogP contribution in [0.1, 0.15) is 17.0 Å². The Morgan fingerprint density at radius 3 is 2.77 bits per heavy atom. The first-order valence-electron chi connectivity index (χ1n) is 9.34. The number of amides is 2. The highest BCUT2D eigenvalue weighted by molar-refractivity contribution is 7.15. The molecule has 0 saturated carbocycles. The number of carbonyl (C=O) groups excluding carboxylic acids is 2. The zero-order valence-corrected chi connectivity index (χ0v) is 17.0. The summed E-state index contributed by atoms with van der Waals surface area (Å²) in [6.07, 6.45) is 0.614. The molecule has 1 aromatic heterocycles. The molecule has 2 amide bonds. The van der Waals surface area contributed by atoms with Crippen LogP contribution in [-0.4, -0.2) is 35.7 Å². The molecule has 1 N–H and O–H groups in total. The molecule has 2 aromatic carbocycles. The lowest BCUT2D eigenvalue weighted by Gasteiger charge is -2.19. The summed E-state index contributed by atoms with van der Waals surface area (Å²) in [4.78, 5) is 26.7. The van der Waals surface area contributed by atoms with E-state index >= 15 is 0 Å². The summed E-state index contributed by atoms with van der Waals surface area (Å²) in [6.45, 7) is 0.270. The van der Waals surface area contributed by atoms with Gasteiger partial charge in [-0.1, -0.05) is 35.6 Å². The van der Waals surface area contributed by atoms with Crippen LogP contribution in [0.2, 0.25) is 0 Å². The fraction of sp³-hybridized carbons (Fsp3) is 0.238. The topological polar surface area (TPSA) is 84.4 Å². The van der Waals surface area contributed by atoms with Crippen LogP contribution in [0.5, 0.6) is 5.75 Å². The molecule has 4 rings (SSSR count). The Morgan fingerprint density at radius 1 is 1.23 bits per heavy atom. The molecule has 1 aliphatic rings. The third-order valence-corrected chi connectivity index (χ3v) is 5.68. The highest BCUT2D eigenvalue weighted by Gasteiger charge is 2.36. The molecule has 30 heavy (non-hydrogen) atoms. The molecule has 0 spiro atoms. The summed E-state index contributed by atoms with van der Waals surface area (Å²) < 4.78 is 18.3. The van der Waals surface area contributed by atoms with Crippen molar-refractivity contribution in [2.24, 2.45) is 5.92 Å². The molecular formula is C21H19FN4O3S. The van der Waals surface area contributed by atoms with E-state index in [4.69, 9.17) is 4.74 Å². The number of halogens is 1. The predicted octanol–water partition coefficient (Wildman–Crippen LogP) is 3.27. The largest absolute Gasteiger partial charge is 0.495 e. The molecule has 1 atom stereocenters. The summed E-state index contributed by atoms with van der Waals surface area (Å²) in [5.41, 5.74) is 1.55. The van der Waals surface area contributed by atoms with E-state index < -0.39 is 5.92 Å². The Morgan fingerprint density at radius 2 is 2.00 bits per heavy atom. The number of para-hydroxylation sites is 2. The van der Waals surface area contributed by atoms with Crippen molar-refractivity contribution in [3.05, 3.63) is 64.9 Å². The molecule has 7 nitrogen and oxygen atoms in total. The molecule has 0 bridgehead atoms. The zero-order valence-electron chi connectivity index (χ0n) is 16.2. The van der Waals surface area contributed by atoms with Crippen molar-refractivity contribution >= 4 is 34.0 Å². The first-order chi connectivity index (χ1) is 14.5. The van der Waals surface area contributed by atoms with Gasteiger partial charge in [0.05, 0.1) is 18.7 Å². The van der Waals surface area contributed by atoms with Crippen molar-refractivity contribution in [1.29, 1.82) is 0 Å². The van der Waals surface area contributed by atoms with Gasteiger partial charge >= 0.3 is 0 Å². The van der Waals surface area contributed by atoms with Crippen molar-refractivity contribution in [1.82, 2.24) is 10.2 Å². The average Bonchev–Trinajstić information content (AvgIpc) is 3.36. The number of hydrogen-bond donors (Lipinski definition) is 1. The van der Waals surface area contributed by atoms with Crippen LogP contribution in [0, 0.1) is 11.7 Å². The number of methoxy groups -OCH3 is 1. The van der Waals surface area contributed by atoms with E-state index in [9.17, 15) is 14.0 Å². The lowest BCUT2D eigenvalue weighted by atomic mass is 10.1. The number of benzene rings is 2. The van der Waals surface area contributed by atoms with E-state index in [0.717, 1.165) is 5.56 Å². The summed E-state index contributed by atoms with van der Waals surface area (Å²) in [5.74, 6) is -0.607. The second kappa shape index (κ2) is 8.58. The number of aromatic nitrogens is 2. The van der Waals surface area contributed by atoms with Gasteiger partial charge in [-0.05, 0) is 29.8 Å². The summed E-state index contributed by atoms with van der Waals surface area (Å²) >= 11 is 1.26. The third kappa shape index (κ3) is 4.30. The number of nitrogens with one attached hydrogen (secondary N) is 1. The van der Waals surface area contributed by atoms with E-state index in [1.807, 2.05) is 12.1 Å². The molecule has 1 saturated heterocycles. The SMILES string of the molecule is COc1ccccc1N1CC(C(=O)Nc2nnc(Cc3ccc(F)cc3)s2)CC1=O. The maximum atomic E-state index is 13.0. The molecular weight excluding hydrogens is 407 g/mol. The Labute approximate surface area is 176 Å². The quantitative estimate of drug-likeness (QED) is 0.654. The zero-order chi connectivity index (χ0) is 21.1. The van der Waals surface area contributed by atoms with Gasteiger partial charge in [-0.15, -0.1) is 10.2 Å². The van der Waals surface area contributed by atoms with Crippen LogP contribution in [0.3, 0.4) is 0 Å². The van der Waals surface area contributed by atoms with Crippen LogP contribution < -0.4 is 15.0 Å². The molecule has 1 unspecified atom stereocenters. The number of hydrogen-bond acceptors (Lipinski definition) is 6. The normalized spacial score (nSPS) is 16.0. The highest BCUT2D eigenvalue weighted by atomic mass is 32.1. The number of nitrogens with zero attached hydrogens (tertiary/aromatic N) is 3. The lowest BCUT2D eigenvalue weighted by Crippen LogP contribution is -2.28. The average molecular weight is 426 g/mol. The van der Waals surface area contributed by atoms with Crippen molar-refractivity contribution in [3.8, 4) is 5.75 Å². The second-order valence-electron chi connectivity index (χ2n) is 6.87. The second-order valence-corrected chi connectivity index (χ2v) is 7.93. The first kappa shape index (κ1) is 20.0. The van der Waals surface area contributed by atoms with Crippen LogP contribution in [0.25, 0.3) is 0 Å². The number of ether oxygens (including phenoxy) is 1. The molecule has 1 fully saturated rings. The van der Waals surface area contributed by atoms with Gasteiger partial charge in [0.1, 0.15) is 16.6 Å². The Balaban J connectivity index is 1.39. The predicted molar refractivity (Wildman–Crippen MR) is 111 cm³/mol. The molecule has 2 heterocycles. The minimum absolute atomic E-state index is 0.116. The minimum atomic E-state index is -0.494. The maximum absolute atomic E-state index is 13.0. The minimum Gasteiger partial charge on any atom is -0.495 e. The van der Waals surface area contributed by atoms with Crippen molar-refractivity contribution in [3.63, 3.8) is 0 Å². The van der Waals surface area contributed by atoms with Gasteiger partial charge in [-0.2, -0.15) is 0 Å². The van der Waals surface area contributed by atoms with Gasteiger partial charge < -0.3 is 15.0 Å². The summed E-state index contributed by atoms with van der Waals surface area (Å²) in [7, 11) is 1.54. The van der Waals surface area contributed by atoms with Crippen molar-refractivity contribution in [2.45, 2.75) is 12.8 Å². The van der Waals surface area contributed by atoms with Gasteiger partial charge in [0.25, 0.3) is 0 Å². The van der Waals surface area contributed by atoms with E-state index in [2.05, 4.69) is 15.5 Å². The maximum Gasteiger partial charge on any atom is 0.231 e. The van der Waals surface area contributed by atoms with Gasteiger partial charge in [0.15, 0.2) is 0 Å². The monoisotopic (exact) mass is 426 g/mol. The molecule has 0 radical (unpaired) electrons. The standard InChI is InChI=1S/C21H19FN4O3S/c1-29-17-5-3-2-4-16(17)26-12-14(11-19(26)27)20(28)23-21-25-24-18(30-21)10-13-6-8-15(22)9-7-13/h2-9,14H,10-12H2,1H3,(H,23,25,28). The number of carbonyl (C=O) groups is 2. The summed E-state index contributed by atoms with van der Waals surface area (Å²) in [5, 5.41) is 11.9. The van der Waals surface area contributed by atoms with E-state index in [1.165, 1.54) is 23.5 Å². The van der Waals surface area contributed by atoms with E-state index in [1.54, 1.807) is 36.3 Å². The molecule has 0 aliphatic carbocycles. The molecule has 3 aromatic rings. The Bertz CT molecular complexity index is 1070. The van der Waals surface area contributed by atoms with Crippen LogP contribution in [0.4, 0.5) is 15.2 Å². The van der Waals surface area contributed by atoms with Gasteiger partial charge in [-0.25, -0.2) is 4.39 Å². The van der Waals surface area contributed by atoms with Crippen LogP contribution in [0.15, 0.2) is 48.5 Å².